The van der Waals surface area contributed by atoms with Crippen molar-refractivity contribution in [2.24, 2.45) is 0 Å². The summed E-state index contributed by atoms with van der Waals surface area (Å²) in [5, 5.41) is 17.5. The highest BCUT2D eigenvalue weighted by Crippen LogP contribution is 2.38. The molecule has 0 aliphatic heterocycles. The van der Waals surface area contributed by atoms with Crippen molar-refractivity contribution in [3.63, 3.8) is 0 Å². The molecule has 4 rings (SSSR count). The van der Waals surface area contributed by atoms with Gasteiger partial charge in [-0.25, -0.2) is 0 Å². The molecule has 1 heterocycles. The maximum absolute atomic E-state index is 9.09. The number of nitriles is 1. The van der Waals surface area contributed by atoms with Crippen LogP contribution in [0.4, 0.5) is 0 Å². The van der Waals surface area contributed by atoms with E-state index in [2.05, 4.69) is 16.3 Å². The molecule has 1 unspecified atom stereocenters. The number of rotatable bonds is 3. The second kappa shape index (κ2) is 5.73. The lowest BCUT2D eigenvalue weighted by molar-refractivity contribution is 0.208. The Morgan fingerprint density at radius 2 is 2.21 bits per heavy atom. The fourth-order valence-corrected chi connectivity index (χ4v) is 3.38. The van der Waals surface area contributed by atoms with Crippen LogP contribution >= 0.6 is 11.6 Å². The number of aryl methyl sites for hydroxylation is 1. The van der Waals surface area contributed by atoms with E-state index >= 15 is 0 Å². The summed E-state index contributed by atoms with van der Waals surface area (Å²) in [6.07, 6.45) is 1.67. The Hall–Kier alpha value is -2.71. The van der Waals surface area contributed by atoms with Crippen LogP contribution in [0.2, 0.25) is 5.02 Å². The van der Waals surface area contributed by atoms with Crippen LogP contribution in [0.15, 0.2) is 30.3 Å². The summed E-state index contributed by atoms with van der Waals surface area (Å²) >= 11 is 6.17. The number of hydrogen-bond acceptors (Lipinski definition) is 4. The van der Waals surface area contributed by atoms with Crippen LogP contribution in [0, 0.1) is 11.3 Å². The first-order chi connectivity index (χ1) is 11.7. The lowest BCUT2D eigenvalue weighted by Gasteiger charge is -2.15. The number of H-pyrrole nitrogens is 1. The van der Waals surface area contributed by atoms with Crippen LogP contribution < -0.4 is 9.47 Å². The topological polar surface area (TPSA) is 70.9 Å². The molecular formula is C18H14ClN3O2. The van der Waals surface area contributed by atoms with E-state index in [-0.39, 0.29) is 6.10 Å². The van der Waals surface area contributed by atoms with Gasteiger partial charge in [0.15, 0.2) is 0 Å². The number of aromatic nitrogens is 2. The maximum Gasteiger partial charge on any atom is 0.240 e. The summed E-state index contributed by atoms with van der Waals surface area (Å²) < 4.78 is 11.4. The molecule has 1 aromatic heterocycles. The zero-order valence-corrected chi connectivity index (χ0v) is 13.7. The number of fused-ring (bicyclic) bond motifs is 2. The maximum atomic E-state index is 9.09. The second-order valence-corrected chi connectivity index (χ2v) is 6.14. The van der Waals surface area contributed by atoms with E-state index in [1.807, 2.05) is 30.3 Å². The van der Waals surface area contributed by atoms with Gasteiger partial charge in [-0.05, 0) is 54.3 Å². The Labute approximate surface area is 143 Å². The number of aromatic amines is 1. The van der Waals surface area contributed by atoms with Crippen molar-refractivity contribution in [2.75, 3.05) is 7.11 Å². The van der Waals surface area contributed by atoms with Gasteiger partial charge in [-0.2, -0.15) is 5.26 Å². The van der Waals surface area contributed by atoms with Gasteiger partial charge in [0.2, 0.25) is 5.88 Å². The van der Waals surface area contributed by atoms with E-state index in [1.165, 1.54) is 0 Å². The van der Waals surface area contributed by atoms with Crippen LogP contribution in [-0.2, 0) is 6.42 Å². The highest BCUT2D eigenvalue weighted by molar-refractivity contribution is 6.31. The van der Waals surface area contributed by atoms with Crippen LogP contribution in [0.1, 0.15) is 29.2 Å². The number of halogens is 1. The molecule has 6 heteroatoms. The average Bonchev–Trinajstić information content (AvgIpc) is 3.18. The molecule has 2 aromatic carbocycles. The molecule has 3 aromatic rings. The minimum Gasteiger partial charge on any atom is -0.486 e. The molecule has 1 aliphatic rings. The summed E-state index contributed by atoms with van der Waals surface area (Å²) in [6, 6.07) is 11.6. The van der Waals surface area contributed by atoms with Crippen molar-refractivity contribution in [1.82, 2.24) is 10.2 Å². The van der Waals surface area contributed by atoms with E-state index in [0.29, 0.717) is 16.5 Å². The Bertz CT molecular complexity index is 974. The van der Waals surface area contributed by atoms with Crippen LogP contribution in [0.3, 0.4) is 0 Å². The number of nitrogens with zero attached hydrogens (tertiary/aromatic N) is 2. The van der Waals surface area contributed by atoms with E-state index in [4.69, 9.17) is 26.3 Å². The predicted molar refractivity (Wildman–Crippen MR) is 90.5 cm³/mol. The standard InChI is InChI=1S/C18H14ClN3O2/c1-23-18-14-7-12(3-4-16(14)21-22-18)24-17-5-2-10-6-11(9-20)15(19)8-13(10)17/h3-4,6-8,17H,2,5H2,1H3,(H,21,22). The summed E-state index contributed by atoms with van der Waals surface area (Å²) in [4.78, 5) is 0. The molecule has 5 nitrogen and oxygen atoms in total. The quantitative estimate of drug-likeness (QED) is 0.777. The smallest absolute Gasteiger partial charge is 0.240 e. The summed E-state index contributed by atoms with van der Waals surface area (Å²) in [7, 11) is 1.59. The van der Waals surface area contributed by atoms with Gasteiger partial charge < -0.3 is 9.47 Å². The van der Waals surface area contributed by atoms with Gasteiger partial charge in [0.1, 0.15) is 17.9 Å². The molecule has 1 N–H and O–H groups in total. The molecule has 0 bridgehead atoms. The van der Waals surface area contributed by atoms with E-state index in [0.717, 1.165) is 40.6 Å². The molecule has 1 aliphatic carbocycles. The molecular weight excluding hydrogens is 326 g/mol. The molecule has 0 spiro atoms. The minimum absolute atomic E-state index is 0.0689. The fourth-order valence-electron chi connectivity index (χ4n) is 3.16. The lowest BCUT2D eigenvalue weighted by atomic mass is 10.1. The number of hydrogen-bond donors (Lipinski definition) is 1. The first-order valence-corrected chi connectivity index (χ1v) is 7.98. The fraction of sp³-hybridized carbons (Fsp3) is 0.222. The zero-order valence-electron chi connectivity index (χ0n) is 13.0. The number of benzene rings is 2. The first-order valence-electron chi connectivity index (χ1n) is 7.61. The van der Waals surface area contributed by atoms with E-state index in [1.54, 1.807) is 7.11 Å². The van der Waals surface area contributed by atoms with Gasteiger partial charge in [-0.1, -0.05) is 11.6 Å². The van der Waals surface area contributed by atoms with Gasteiger partial charge >= 0.3 is 0 Å². The minimum atomic E-state index is -0.0689. The third-order valence-corrected chi connectivity index (χ3v) is 4.66. The SMILES string of the molecule is COc1n[nH]c2ccc(OC3CCc4cc(C#N)c(Cl)cc43)cc12. The highest BCUT2D eigenvalue weighted by Gasteiger charge is 2.26. The first kappa shape index (κ1) is 14.9. The highest BCUT2D eigenvalue weighted by atomic mass is 35.5. The normalized spacial score (nSPS) is 16.0. The Kier molecular flexibility index (Phi) is 3.55. The molecule has 1 atom stereocenters. The molecule has 24 heavy (non-hydrogen) atoms. The Morgan fingerprint density at radius 3 is 3.00 bits per heavy atom. The van der Waals surface area contributed by atoms with Crippen molar-refractivity contribution >= 4 is 22.5 Å². The van der Waals surface area contributed by atoms with Gasteiger partial charge in [0.25, 0.3) is 0 Å². The largest absolute Gasteiger partial charge is 0.486 e. The number of nitrogens with one attached hydrogen (secondary N) is 1. The van der Waals surface area contributed by atoms with Crippen LogP contribution in [0.25, 0.3) is 10.9 Å². The van der Waals surface area contributed by atoms with Gasteiger partial charge in [0.05, 0.1) is 28.6 Å². The summed E-state index contributed by atoms with van der Waals surface area (Å²) in [5.41, 5.74) is 3.59. The number of ether oxygens (including phenoxy) is 2. The van der Waals surface area contributed by atoms with E-state index in [9.17, 15) is 0 Å². The molecule has 0 saturated heterocycles. The summed E-state index contributed by atoms with van der Waals surface area (Å²) in [6.45, 7) is 0. The van der Waals surface area contributed by atoms with Gasteiger partial charge in [-0.3, -0.25) is 5.10 Å². The Morgan fingerprint density at radius 1 is 1.33 bits per heavy atom. The number of methoxy groups -OCH3 is 1. The molecule has 0 radical (unpaired) electrons. The average molecular weight is 340 g/mol. The molecule has 120 valence electrons. The van der Waals surface area contributed by atoms with Crippen molar-refractivity contribution in [3.8, 4) is 17.7 Å². The predicted octanol–water partition coefficient (Wildman–Crippen LogP) is 4.16. The Balaban J connectivity index is 1.66. The monoisotopic (exact) mass is 339 g/mol. The van der Waals surface area contributed by atoms with Crippen LogP contribution in [0.5, 0.6) is 11.6 Å². The summed E-state index contributed by atoms with van der Waals surface area (Å²) in [5.74, 6) is 1.30. The van der Waals surface area contributed by atoms with Gasteiger partial charge in [0, 0.05) is 0 Å². The van der Waals surface area contributed by atoms with Crippen molar-refractivity contribution in [2.45, 2.75) is 18.9 Å². The third-order valence-electron chi connectivity index (χ3n) is 4.34. The van der Waals surface area contributed by atoms with Gasteiger partial charge in [-0.15, -0.1) is 5.10 Å². The van der Waals surface area contributed by atoms with Crippen molar-refractivity contribution < 1.29 is 9.47 Å². The van der Waals surface area contributed by atoms with Crippen molar-refractivity contribution in [1.29, 1.82) is 5.26 Å². The van der Waals surface area contributed by atoms with E-state index < -0.39 is 0 Å². The molecule has 0 amide bonds. The molecule has 0 saturated carbocycles. The van der Waals surface area contributed by atoms with Crippen molar-refractivity contribution in [3.05, 3.63) is 52.0 Å². The second-order valence-electron chi connectivity index (χ2n) is 5.73. The van der Waals surface area contributed by atoms with Crippen LogP contribution in [-0.4, -0.2) is 17.3 Å². The molecule has 0 fully saturated rings. The zero-order chi connectivity index (χ0) is 16.7. The lowest BCUT2D eigenvalue weighted by Crippen LogP contribution is -2.03. The third kappa shape index (κ3) is 2.36.